The van der Waals surface area contributed by atoms with Gasteiger partial charge in [-0.2, -0.15) is 8.75 Å². The molecule has 0 aliphatic heterocycles. The molecule has 0 aliphatic carbocycles. The molecule has 7 heteroatoms. The Balaban J connectivity index is 1.37. The molecule has 210 valence electrons. The van der Waals surface area contributed by atoms with Gasteiger partial charge in [0.2, 0.25) is 0 Å². The van der Waals surface area contributed by atoms with Gasteiger partial charge in [0.15, 0.2) is 5.82 Å². The van der Waals surface area contributed by atoms with Gasteiger partial charge in [-0.25, -0.2) is 9.97 Å². The zero-order valence-electron chi connectivity index (χ0n) is 23.7. The summed E-state index contributed by atoms with van der Waals surface area (Å²) >= 11 is 3.11. The lowest BCUT2D eigenvalue weighted by Gasteiger charge is -2.13. The van der Waals surface area contributed by atoms with Crippen molar-refractivity contribution in [3.8, 4) is 28.3 Å². The molecule has 5 nitrogen and oxygen atoms in total. The highest BCUT2D eigenvalue weighted by atomic mass is 32.1. The highest BCUT2D eigenvalue weighted by Gasteiger charge is 2.23. The lowest BCUT2D eigenvalue weighted by Crippen LogP contribution is -2.02. The summed E-state index contributed by atoms with van der Waals surface area (Å²) in [5, 5.41) is 5.75. The summed E-state index contributed by atoms with van der Waals surface area (Å²) in [6.45, 7) is 0. The Morgan fingerprint density at radius 1 is 0.533 bits per heavy atom. The molecule has 0 saturated carbocycles. The van der Waals surface area contributed by atoms with E-state index in [4.69, 9.17) is 18.7 Å². The van der Waals surface area contributed by atoms with Gasteiger partial charge in [-0.1, -0.05) is 97.1 Å². The van der Waals surface area contributed by atoms with Crippen LogP contribution in [0.5, 0.6) is 0 Å². The van der Waals surface area contributed by atoms with E-state index in [2.05, 4.69) is 108 Å². The number of para-hydroxylation sites is 2. The van der Waals surface area contributed by atoms with Crippen molar-refractivity contribution in [3.05, 3.63) is 127 Å². The largest absolute Gasteiger partial charge is 0.293 e. The first-order chi connectivity index (χ1) is 22.3. The highest BCUT2D eigenvalue weighted by Crippen LogP contribution is 2.45. The maximum atomic E-state index is 5.28. The lowest BCUT2D eigenvalue weighted by molar-refractivity contribution is 1.08. The van der Waals surface area contributed by atoms with Crippen molar-refractivity contribution in [2.75, 3.05) is 0 Å². The molecule has 6 aromatic carbocycles. The third kappa shape index (κ3) is 3.59. The van der Waals surface area contributed by atoms with Crippen molar-refractivity contribution in [1.29, 1.82) is 0 Å². The molecule has 0 spiro atoms. The van der Waals surface area contributed by atoms with Crippen LogP contribution in [0.1, 0.15) is 0 Å². The van der Waals surface area contributed by atoms with Crippen molar-refractivity contribution in [1.82, 2.24) is 23.3 Å². The first-order valence-electron chi connectivity index (χ1n) is 14.7. The fourth-order valence-corrected chi connectivity index (χ4v) is 8.52. The third-order valence-corrected chi connectivity index (χ3v) is 10.4. The van der Waals surface area contributed by atoms with Crippen molar-refractivity contribution in [3.63, 3.8) is 0 Å². The Bertz CT molecular complexity index is 2770. The minimum atomic E-state index is 0.696. The lowest BCUT2D eigenvalue weighted by atomic mass is 9.99. The van der Waals surface area contributed by atoms with E-state index in [1.807, 2.05) is 35.6 Å². The Hall–Kier alpha value is -5.50. The zero-order chi connectivity index (χ0) is 29.5. The maximum Gasteiger partial charge on any atom is 0.162 e. The van der Waals surface area contributed by atoms with Crippen LogP contribution in [0.15, 0.2) is 127 Å². The van der Waals surface area contributed by atoms with Gasteiger partial charge in [0, 0.05) is 53.0 Å². The minimum Gasteiger partial charge on any atom is -0.293 e. The predicted octanol–water partition coefficient (Wildman–Crippen LogP) is 10.4. The van der Waals surface area contributed by atoms with E-state index in [1.165, 1.54) is 37.5 Å². The second-order valence-corrected chi connectivity index (χ2v) is 12.7. The highest BCUT2D eigenvalue weighted by molar-refractivity contribution is 7.26. The number of fused-ring (bicyclic) bond motifs is 9. The smallest absolute Gasteiger partial charge is 0.162 e. The van der Waals surface area contributed by atoms with Crippen LogP contribution < -0.4 is 0 Å². The Morgan fingerprint density at radius 3 is 2.18 bits per heavy atom. The molecule has 10 rings (SSSR count). The van der Waals surface area contributed by atoms with Crippen LogP contribution in [-0.2, 0) is 0 Å². The van der Waals surface area contributed by atoms with Crippen molar-refractivity contribution >= 4 is 87.0 Å². The molecule has 45 heavy (non-hydrogen) atoms. The van der Waals surface area contributed by atoms with Gasteiger partial charge in [-0.3, -0.25) is 4.57 Å². The second kappa shape index (κ2) is 9.50. The van der Waals surface area contributed by atoms with E-state index in [1.54, 1.807) is 0 Å². The molecule has 0 unspecified atom stereocenters. The van der Waals surface area contributed by atoms with Crippen LogP contribution in [0.3, 0.4) is 0 Å². The minimum absolute atomic E-state index is 0.696. The molecular weight excluding hydrogens is 591 g/mol. The quantitative estimate of drug-likeness (QED) is 0.199. The Labute approximate surface area is 265 Å². The average Bonchev–Trinajstić information content (AvgIpc) is 3.82. The average molecular weight is 612 g/mol. The molecule has 10 aromatic rings. The number of nitrogens with zero attached hydrogens (tertiary/aromatic N) is 5. The first-order valence-corrected chi connectivity index (χ1v) is 16.3. The van der Waals surface area contributed by atoms with Crippen molar-refractivity contribution < 1.29 is 0 Å². The maximum absolute atomic E-state index is 5.28. The molecule has 4 heterocycles. The number of benzene rings is 6. The second-order valence-electron chi connectivity index (χ2n) is 11.2. The van der Waals surface area contributed by atoms with Crippen LogP contribution in [0.25, 0.3) is 92.2 Å². The van der Waals surface area contributed by atoms with Crippen LogP contribution in [0.2, 0.25) is 0 Å². The van der Waals surface area contributed by atoms with Crippen LogP contribution in [-0.4, -0.2) is 23.3 Å². The number of hydrogen-bond acceptors (Lipinski definition) is 6. The van der Waals surface area contributed by atoms with E-state index in [-0.39, 0.29) is 0 Å². The van der Waals surface area contributed by atoms with E-state index < -0.39 is 0 Å². The van der Waals surface area contributed by atoms with E-state index in [9.17, 15) is 0 Å². The van der Waals surface area contributed by atoms with Gasteiger partial charge < -0.3 is 0 Å². The molecule has 0 aliphatic rings. The van der Waals surface area contributed by atoms with Gasteiger partial charge >= 0.3 is 0 Å². The van der Waals surface area contributed by atoms with E-state index >= 15 is 0 Å². The monoisotopic (exact) mass is 611 g/mol. The van der Waals surface area contributed by atoms with Gasteiger partial charge in [0.1, 0.15) is 16.9 Å². The molecule has 4 aromatic heterocycles. The van der Waals surface area contributed by atoms with Gasteiger partial charge in [0.05, 0.1) is 28.3 Å². The molecular formula is C38H21N5S2. The summed E-state index contributed by atoms with van der Waals surface area (Å²) in [4.78, 5) is 10.3. The summed E-state index contributed by atoms with van der Waals surface area (Å²) < 4.78 is 14.7. The van der Waals surface area contributed by atoms with Crippen LogP contribution in [0, 0.1) is 0 Å². The summed E-state index contributed by atoms with van der Waals surface area (Å²) in [6.07, 6.45) is 0. The van der Waals surface area contributed by atoms with Crippen molar-refractivity contribution in [2.24, 2.45) is 0 Å². The predicted molar refractivity (Wildman–Crippen MR) is 189 cm³/mol. The Morgan fingerprint density at radius 2 is 1.27 bits per heavy atom. The Kier molecular flexibility index (Phi) is 5.25. The number of aromatic nitrogens is 5. The summed E-state index contributed by atoms with van der Waals surface area (Å²) in [5.41, 5.74) is 8.10. The van der Waals surface area contributed by atoms with Gasteiger partial charge in [-0.15, -0.1) is 11.3 Å². The SMILES string of the molecule is c1ccc(-c2nc(-n3c4ccccc4c4c5nsnc5c(-c5cccc6c5sc5ccccc56)cc43)c3ccccc3n2)cc1. The standard InChI is InChI=1S/C38H21N5S2/c1-2-11-22(12-3-1)37-39-29-18-7-4-14-26(29)38(40-37)43-30-19-8-5-15-27(30)33-31(43)21-28(34-35(33)42-45-41-34)25-17-10-16-24-23-13-6-9-20-32(23)44-36(24)25/h1-21H. The van der Waals surface area contributed by atoms with Gasteiger partial charge in [-0.05, 0) is 30.3 Å². The topological polar surface area (TPSA) is 56.5 Å². The van der Waals surface area contributed by atoms with E-state index in [0.717, 1.165) is 60.7 Å². The molecule has 0 atom stereocenters. The van der Waals surface area contributed by atoms with E-state index in [0.29, 0.717) is 5.82 Å². The molecule has 0 amide bonds. The fourth-order valence-electron chi connectivity index (χ4n) is 6.72. The summed E-state index contributed by atoms with van der Waals surface area (Å²) in [7, 11) is 0. The molecule has 0 bridgehead atoms. The molecule has 0 fully saturated rings. The normalized spacial score (nSPS) is 12.0. The number of hydrogen-bond donors (Lipinski definition) is 0. The molecule has 0 radical (unpaired) electrons. The fraction of sp³-hybridized carbons (Fsp3) is 0. The third-order valence-electron chi connectivity index (χ3n) is 8.69. The first kappa shape index (κ1) is 24.9. The molecule has 0 saturated heterocycles. The zero-order valence-corrected chi connectivity index (χ0v) is 25.3. The number of thiophene rings is 1. The number of rotatable bonds is 3. The van der Waals surface area contributed by atoms with Crippen LogP contribution in [0.4, 0.5) is 0 Å². The van der Waals surface area contributed by atoms with Crippen molar-refractivity contribution in [2.45, 2.75) is 0 Å². The van der Waals surface area contributed by atoms with Gasteiger partial charge in [0.25, 0.3) is 0 Å². The summed E-state index contributed by atoms with van der Waals surface area (Å²) in [6, 6.07) is 44.6. The molecule has 0 N–H and O–H groups in total. The van der Waals surface area contributed by atoms with Crippen LogP contribution >= 0.6 is 23.1 Å². The summed E-state index contributed by atoms with van der Waals surface area (Å²) in [5.74, 6) is 1.54.